The zero-order valence-electron chi connectivity index (χ0n) is 4.39. The van der Waals surface area contributed by atoms with Crippen LogP contribution in [0.15, 0.2) is 0 Å². The van der Waals surface area contributed by atoms with Crippen LogP contribution in [0.5, 0.6) is 0 Å². The summed E-state index contributed by atoms with van der Waals surface area (Å²) in [5.41, 5.74) is 0. The molecule has 0 saturated carbocycles. The molecular weight excluding hydrogens is 92.1 g/mol. The second-order valence-electron chi connectivity index (χ2n) is 1.19. The highest BCUT2D eigenvalue weighted by molar-refractivity contribution is 4.32. The van der Waals surface area contributed by atoms with Crippen LogP contribution < -0.4 is 0 Å². The topological polar surface area (TPSA) is 29.5 Å². The van der Waals surface area contributed by atoms with Gasteiger partial charge in [0.05, 0.1) is 13.5 Å². The summed E-state index contributed by atoms with van der Waals surface area (Å²) in [5.74, 6) is 0. The summed E-state index contributed by atoms with van der Waals surface area (Å²) in [5, 5.41) is 8.19. The van der Waals surface area contributed by atoms with Gasteiger partial charge >= 0.3 is 0 Å². The van der Waals surface area contributed by atoms with E-state index in [9.17, 15) is 0 Å². The number of aliphatic hydroxyl groups is 1. The van der Waals surface area contributed by atoms with E-state index < -0.39 is 0 Å². The van der Waals surface area contributed by atoms with Crippen molar-refractivity contribution in [1.82, 2.24) is 0 Å². The molecule has 0 rings (SSSR count). The van der Waals surface area contributed by atoms with Crippen molar-refractivity contribution < 1.29 is 9.84 Å². The molecule has 0 aliphatic rings. The molecule has 0 aromatic carbocycles. The fourth-order valence-corrected chi connectivity index (χ4v) is 0.269. The van der Waals surface area contributed by atoms with Crippen molar-refractivity contribution in [3.8, 4) is 0 Å². The van der Waals surface area contributed by atoms with Gasteiger partial charge in [0.1, 0.15) is 0 Å². The van der Waals surface area contributed by atoms with E-state index in [0.29, 0.717) is 13.2 Å². The minimum atomic E-state index is 0.208. The Bertz CT molecular complexity index is 25.3. The van der Waals surface area contributed by atoms with Crippen molar-refractivity contribution in [2.75, 3.05) is 19.8 Å². The van der Waals surface area contributed by atoms with Gasteiger partial charge in [-0.05, 0) is 6.42 Å². The van der Waals surface area contributed by atoms with Gasteiger partial charge in [0.15, 0.2) is 6.61 Å². The maximum atomic E-state index is 8.19. The Kier molecular flexibility index (Phi) is 5.62. The quantitative estimate of drug-likeness (QED) is 0.407. The summed E-state index contributed by atoms with van der Waals surface area (Å²) in [6, 6.07) is 0. The normalized spacial score (nSPS) is 9.29. The Morgan fingerprint density at radius 2 is 2.29 bits per heavy atom. The molecule has 42 valence electrons. The largest absolute Gasteiger partial charge is 0.396 e. The molecule has 0 aliphatic carbocycles. The Labute approximate surface area is 44.1 Å². The zero-order chi connectivity index (χ0) is 5.54. The minimum absolute atomic E-state index is 0.208. The van der Waals surface area contributed by atoms with E-state index in [0.717, 1.165) is 6.42 Å². The van der Waals surface area contributed by atoms with Crippen molar-refractivity contribution in [3.63, 3.8) is 0 Å². The van der Waals surface area contributed by atoms with Crippen LogP contribution >= 0.6 is 0 Å². The average Bonchev–Trinajstić information content (AvgIpc) is 1.69. The lowest BCUT2D eigenvalue weighted by molar-refractivity contribution is 0.138. The van der Waals surface area contributed by atoms with Crippen molar-refractivity contribution in [3.05, 3.63) is 6.92 Å². The Morgan fingerprint density at radius 1 is 1.57 bits per heavy atom. The fourth-order valence-electron chi connectivity index (χ4n) is 0.269. The first kappa shape index (κ1) is 6.79. The van der Waals surface area contributed by atoms with Crippen LogP contribution in [0.2, 0.25) is 0 Å². The van der Waals surface area contributed by atoms with Crippen LogP contribution in [0.25, 0.3) is 0 Å². The van der Waals surface area contributed by atoms with E-state index >= 15 is 0 Å². The Morgan fingerprint density at radius 3 is 2.71 bits per heavy atom. The molecule has 2 nitrogen and oxygen atoms in total. The summed E-state index contributed by atoms with van der Waals surface area (Å²) < 4.78 is 4.80. The second-order valence-corrected chi connectivity index (χ2v) is 1.19. The first-order chi connectivity index (χ1) is 3.41. The van der Waals surface area contributed by atoms with Gasteiger partial charge in [0, 0.05) is 6.61 Å². The van der Waals surface area contributed by atoms with Crippen molar-refractivity contribution >= 4 is 0 Å². The van der Waals surface area contributed by atoms with Gasteiger partial charge in [-0.3, -0.25) is 0 Å². The van der Waals surface area contributed by atoms with Gasteiger partial charge in [0.2, 0.25) is 0 Å². The standard InChI is InChI=1S/C5H11O2/c1-2-7-5-3-4-6/h6H,1-5H2/q+1. The lowest BCUT2D eigenvalue weighted by Gasteiger charge is -1.90. The summed E-state index contributed by atoms with van der Waals surface area (Å²) in [6.45, 7) is 4.79. The summed E-state index contributed by atoms with van der Waals surface area (Å²) in [6.07, 6.45) is 0.718. The van der Waals surface area contributed by atoms with Gasteiger partial charge < -0.3 is 9.84 Å². The van der Waals surface area contributed by atoms with E-state index in [2.05, 4.69) is 6.92 Å². The summed E-state index contributed by atoms with van der Waals surface area (Å²) >= 11 is 0. The monoisotopic (exact) mass is 103 g/mol. The maximum absolute atomic E-state index is 8.19. The lowest BCUT2D eigenvalue weighted by atomic mass is 10.5. The fraction of sp³-hybridized carbons (Fsp3) is 0.800. The molecule has 0 aliphatic heterocycles. The molecule has 0 saturated heterocycles. The van der Waals surface area contributed by atoms with Crippen LogP contribution in [-0.4, -0.2) is 24.9 Å². The van der Waals surface area contributed by atoms with Gasteiger partial charge in [-0.2, -0.15) is 0 Å². The average molecular weight is 103 g/mol. The van der Waals surface area contributed by atoms with Crippen LogP contribution in [-0.2, 0) is 4.74 Å². The molecule has 0 radical (unpaired) electrons. The molecule has 0 amide bonds. The third-order valence-corrected chi connectivity index (χ3v) is 0.591. The Hall–Kier alpha value is -0.210. The smallest absolute Gasteiger partial charge is 0.184 e. The number of hydrogen-bond acceptors (Lipinski definition) is 2. The molecule has 0 heterocycles. The molecule has 0 spiro atoms. The van der Waals surface area contributed by atoms with Crippen molar-refractivity contribution in [2.24, 2.45) is 0 Å². The zero-order valence-corrected chi connectivity index (χ0v) is 4.39. The molecular formula is C5H11O2+. The van der Waals surface area contributed by atoms with Gasteiger partial charge in [0.25, 0.3) is 0 Å². The van der Waals surface area contributed by atoms with Crippen LogP contribution in [0.3, 0.4) is 0 Å². The number of ether oxygens (including phenoxy) is 1. The Balaban J connectivity index is 2.45. The molecule has 0 fully saturated rings. The number of rotatable bonds is 4. The number of hydrogen-bond donors (Lipinski definition) is 1. The van der Waals surface area contributed by atoms with Gasteiger partial charge in [-0.25, -0.2) is 0 Å². The minimum Gasteiger partial charge on any atom is -0.396 e. The van der Waals surface area contributed by atoms with Gasteiger partial charge in [-0.1, -0.05) is 0 Å². The lowest BCUT2D eigenvalue weighted by Crippen LogP contribution is -1.95. The summed E-state index contributed by atoms with van der Waals surface area (Å²) in [4.78, 5) is 0. The van der Waals surface area contributed by atoms with Crippen LogP contribution in [0.1, 0.15) is 6.42 Å². The molecule has 0 atom stereocenters. The van der Waals surface area contributed by atoms with Gasteiger partial charge in [-0.15, -0.1) is 0 Å². The highest BCUT2D eigenvalue weighted by atomic mass is 16.5. The van der Waals surface area contributed by atoms with Crippen molar-refractivity contribution in [1.29, 1.82) is 0 Å². The predicted molar refractivity (Wildman–Crippen MR) is 27.9 cm³/mol. The molecule has 7 heavy (non-hydrogen) atoms. The summed E-state index contributed by atoms with van der Waals surface area (Å²) in [7, 11) is 0. The van der Waals surface area contributed by atoms with E-state index in [1.807, 2.05) is 0 Å². The first-order valence-corrected chi connectivity index (χ1v) is 2.39. The number of aliphatic hydroxyl groups excluding tert-OH is 1. The van der Waals surface area contributed by atoms with E-state index in [4.69, 9.17) is 9.84 Å². The van der Waals surface area contributed by atoms with E-state index in [-0.39, 0.29) is 6.61 Å². The SMILES string of the molecule is [CH2+]COCCCO. The molecule has 0 aromatic rings. The first-order valence-electron chi connectivity index (χ1n) is 2.39. The second kappa shape index (κ2) is 5.79. The van der Waals surface area contributed by atoms with Crippen LogP contribution in [0.4, 0.5) is 0 Å². The molecule has 0 bridgehead atoms. The molecule has 0 aromatic heterocycles. The highest BCUT2D eigenvalue weighted by Gasteiger charge is 1.82. The van der Waals surface area contributed by atoms with E-state index in [1.54, 1.807) is 0 Å². The molecule has 1 N–H and O–H groups in total. The third-order valence-electron chi connectivity index (χ3n) is 0.591. The van der Waals surface area contributed by atoms with Crippen molar-refractivity contribution in [2.45, 2.75) is 6.42 Å². The van der Waals surface area contributed by atoms with E-state index in [1.165, 1.54) is 0 Å². The predicted octanol–water partition coefficient (Wildman–Crippen LogP) is 0.219. The van der Waals surface area contributed by atoms with Crippen LogP contribution in [0, 0.1) is 6.92 Å². The highest BCUT2D eigenvalue weighted by Crippen LogP contribution is 1.77. The molecule has 0 unspecified atom stereocenters. The maximum Gasteiger partial charge on any atom is 0.184 e. The molecule has 2 heteroatoms. The third kappa shape index (κ3) is 5.79.